The topological polar surface area (TPSA) is 58.1 Å². The molecule has 2 aliphatic rings. The molecule has 1 fully saturated rings. The number of ether oxygens (including phenoxy) is 2. The Morgan fingerprint density at radius 2 is 1.84 bits per heavy atom. The van der Waals surface area contributed by atoms with E-state index in [2.05, 4.69) is 32.7 Å². The van der Waals surface area contributed by atoms with Gasteiger partial charge in [0.15, 0.2) is 17.5 Å². The Labute approximate surface area is 150 Å². The van der Waals surface area contributed by atoms with Gasteiger partial charge < -0.3 is 25.0 Å². The van der Waals surface area contributed by atoms with Crippen LogP contribution in [0.4, 0.5) is 0 Å². The summed E-state index contributed by atoms with van der Waals surface area (Å²) in [5.74, 6) is 2.51. The molecule has 138 valence electrons. The van der Waals surface area contributed by atoms with Gasteiger partial charge in [-0.1, -0.05) is 12.5 Å². The first-order chi connectivity index (χ1) is 12.3. The van der Waals surface area contributed by atoms with Crippen molar-refractivity contribution >= 4 is 5.96 Å². The zero-order chi connectivity index (χ0) is 17.3. The summed E-state index contributed by atoms with van der Waals surface area (Å²) in [6, 6.07) is 6.11. The fraction of sp³-hybridized carbons (Fsp3) is 0.632. The van der Waals surface area contributed by atoms with Crippen LogP contribution in [0.5, 0.6) is 11.5 Å². The highest BCUT2D eigenvalue weighted by atomic mass is 16.5. The van der Waals surface area contributed by atoms with E-state index in [4.69, 9.17) is 9.47 Å². The maximum absolute atomic E-state index is 5.75. The maximum Gasteiger partial charge on any atom is 0.191 e. The SMILES string of the molecule is CN=C(NCCN1CCCCC1)NCc1ccc2c(c1)OCCCO2. The molecule has 0 unspecified atom stereocenters. The van der Waals surface area contributed by atoms with Crippen molar-refractivity contribution in [3.63, 3.8) is 0 Å². The predicted molar refractivity (Wildman–Crippen MR) is 101 cm³/mol. The van der Waals surface area contributed by atoms with Crippen molar-refractivity contribution in [3.8, 4) is 11.5 Å². The van der Waals surface area contributed by atoms with Crippen molar-refractivity contribution in [1.82, 2.24) is 15.5 Å². The Balaban J connectivity index is 1.43. The highest BCUT2D eigenvalue weighted by Gasteiger charge is 2.11. The van der Waals surface area contributed by atoms with Crippen molar-refractivity contribution in [2.75, 3.05) is 46.4 Å². The third-order valence-corrected chi connectivity index (χ3v) is 4.66. The molecule has 1 saturated heterocycles. The highest BCUT2D eigenvalue weighted by molar-refractivity contribution is 5.79. The van der Waals surface area contributed by atoms with Gasteiger partial charge in [-0.15, -0.1) is 0 Å². The van der Waals surface area contributed by atoms with Gasteiger partial charge in [0.05, 0.1) is 13.2 Å². The first-order valence-electron chi connectivity index (χ1n) is 9.40. The lowest BCUT2D eigenvalue weighted by Crippen LogP contribution is -2.42. The summed E-state index contributed by atoms with van der Waals surface area (Å²) >= 11 is 0. The molecule has 6 heteroatoms. The van der Waals surface area contributed by atoms with Crippen LogP contribution in [-0.2, 0) is 6.54 Å². The van der Waals surface area contributed by atoms with E-state index < -0.39 is 0 Å². The summed E-state index contributed by atoms with van der Waals surface area (Å²) in [5, 5.41) is 6.77. The standard InChI is InChI=1S/C19H30N4O2/c1-20-19(21-8-11-23-9-3-2-4-10-23)22-15-16-6-7-17-18(14-16)25-13-5-12-24-17/h6-7,14H,2-5,8-13,15H2,1H3,(H2,20,21,22). The normalized spacial score (nSPS) is 18.5. The van der Waals surface area contributed by atoms with Crippen LogP contribution in [0.25, 0.3) is 0 Å². The molecule has 0 saturated carbocycles. The largest absolute Gasteiger partial charge is 0.490 e. The summed E-state index contributed by atoms with van der Waals surface area (Å²) in [6.45, 7) is 6.59. The molecule has 0 aliphatic carbocycles. The van der Waals surface area contributed by atoms with Crippen LogP contribution in [0.15, 0.2) is 23.2 Å². The van der Waals surface area contributed by atoms with Crippen LogP contribution in [0.3, 0.4) is 0 Å². The van der Waals surface area contributed by atoms with Crippen molar-refractivity contribution in [3.05, 3.63) is 23.8 Å². The number of benzene rings is 1. The third-order valence-electron chi connectivity index (χ3n) is 4.66. The molecule has 2 aliphatic heterocycles. The van der Waals surface area contributed by atoms with Crippen LogP contribution in [0.2, 0.25) is 0 Å². The van der Waals surface area contributed by atoms with Crippen molar-refractivity contribution in [2.24, 2.45) is 4.99 Å². The van der Waals surface area contributed by atoms with Gasteiger partial charge in [0.25, 0.3) is 0 Å². The number of likely N-dealkylation sites (tertiary alicyclic amines) is 1. The number of guanidine groups is 1. The molecule has 0 aromatic heterocycles. The van der Waals surface area contributed by atoms with Gasteiger partial charge in [-0.2, -0.15) is 0 Å². The molecule has 0 amide bonds. The van der Waals surface area contributed by atoms with Crippen molar-refractivity contribution in [1.29, 1.82) is 0 Å². The monoisotopic (exact) mass is 346 g/mol. The molecule has 2 heterocycles. The second-order valence-electron chi connectivity index (χ2n) is 6.59. The van der Waals surface area contributed by atoms with E-state index in [1.165, 1.54) is 32.4 Å². The van der Waals surface area contributed by atoms with Crippen LogP contribution >= 0.6 is 0 Å². The van der Waals surface area contributed by atoms with Gasteiger partial charge in [0, 0.05) is 33.1 Å². The van der Waals surface area contributed by atoms with E-state index >= 15 is 0 Å². The summed E-state index contributed by atoms with van der Waals surface area (Å²) in [6.07, 6.45) is 4.96. The van der Waals surface area contributed by atoms with Gasteiger partial charge in [0.2, 0.25) is 0 Å². The summed E-state index contributed by atoms with van der Waals surface area (Å²) in [5.41, 5.74) is 1.16. The van der Waals surface area contributed by atoms with Gasteiger partial charge in [-0.05, 0) is 43.6 Å². The van der Waals surface area contributed by atoms with Crippen LogP contribution in [0.1, 0.15) is 31.2 Å². The Kier molecular flexibility index (Phi) is 6.79. The minimum Gasteiger partial charge on any atom is -0.490 e. The molecule has 1 aromatic rings. The fourth-order valence-corrected chi connectivity index (χ4v) is 3.24. The lowest BCUT2D eigenvalue weighted by Gasteiger charge is -2.26. The van der Waals surface area contributed by atoms with E-state index in [9.17, 15) is 0 Å². The minimum absolute atomic E-state index is 0.708. The maximum atomic E-state index is 5.75. The van der Waals surface area contributed by atoms with E-state index in [-0.39, 0.29) is 0 Å². The Morgan fingerprint density at radius 3 is 2.64 bits per heavy atom. The van der Waals surface area contributed by atoms with Crippen molar-refractivity contribution in [2.45, 2.75) is 32.2 Å². The zero-order valence-corrected chi connectivity index (χ0v) is 15.2. The molecular formula is C19H30N4O2. The molecule has 0 spiro atoms. The highest BCUT2D eigenvalue weighted by Crippen LogP contribution is 2.30. The number of fused-ring (bicyclic) bond motifs is 1. The van der Waals surface area contributed by atoms with Gasteiger partial charge in [0.1, 0.15) is 0 Å². The summed E-state index contributed by atoms with van der Waals surface area (Å²) in [4.78, 5) is 6.83. The summed E-state index contributed by atoms with van der Waals surface area (Å²) < 4.78 is 11.4. The zero-order valence-electron chi connectivity index (χ0n) is 15.2. The van der Waals surface area contributed by atoms with E-state index in [0.717, 1.165) is 49.1 Å². The van der Waals surface area contributed by atoms with Crippen LogP contribution in [0, 0.1) is 0 Å². The van der Waals surface area contributed by atoms with Gasteiger partial charge in [-0.25, -0.2) is 0 Å². The molecular weight excluding hydrogens is 316 g/mol. The Bertz CT molecular complexity index is 571. The second kappa shape index (κ2) is 9.51. The minimum atomic E-state index is 0.708. The lowest BCUT2D eigenvalue weighted by atomic mass is 10.1. The number of nitrogens with zero attached hydrogens (tertiary/aromatic N) is 2. The average Bonchev–Trinajstić information content (AvgIpc) is 2.90. The van der Waals surface area contributed by atoms with E-state index in [1.54, 1.807) is 0 Å². The first kappa shape index (κ1) is 17.9. The summed E-state index contributed by atoms with van der Waals surface area (Å²) in [7, 11) is 1.81. The third kappa shape index (κ3) is 5.53. The van der Waals surface area contributed by atoms with Gasteiger partial charge in [-0.3, -0.25) is 4.99 Å². The second-order valence-corrected chi connectivity index (χ2v) is 6.59. The Hall–Kier alpha value is -1.95. The number of nitrogens with one attached hydrogen (secondary N) is 2. The van der Waals surface area contributed by atoms with Crippen molar-refractivity contribution < 1.29 is 9.47 Å². The number of hydrogen-bond donors (Lipinski definition) is 2. The van der Waals surface area contributed by atoms with Crippen LogP contribution in [-0.4, -0.2) is 57.3 Å². The van der Waals surface area contributed by atoms with Gasteiger partial charge >= 0.3 is 0 Å². The number of piperidine rings is 1. The molecule has 25 heavy (non-hydrogen) atoms. The number of aliphatic imine (C=N–C) groups is 1. The number of hydrogen-bond acceptors (Lipinski definition) is 4. The fourth-order valence-electron chi connectivity index (χ4n) is 3.24. The Morgan fingerprint density at radius 1 is 1.04 bits per heavy atom. The molecule has 0 radical (unpaired) electrons. The molecule has 0 atom stereocenters. The van der Waals surface area contributed by atoms with E-state index in [1.807, 2.05) is 13.1 Å². The lowest BCUT2D eigenvalue weighted by molar-refractivity contribution is 0.232. The van der Waals surface area contributed by atoms with E-state index in [0.29, 0.717) is 13.2 Å². The average molecular weight is 346 g/mol. The molecule has 2 N–H and O–H groups in total. The molecule has 1 aromatic carbocycles. The molecule has 6 nitrogen and oxygen atoms in total. The number of rotatable bonds is 5. The molecule has 3 rings (SSSR count). The van der Waals surface area contributed by atoms with Crippen LogP contribution < -0.4 is 20.1 Å². The predicted octanol–water partition coefficient (Wildman–Crippen LogP) is 2.00. The quantitative estimate of drug-likeness (QED) is 0.631. The first-order valence-corrected chi connectivity index (χ1v) is 9.40. The smallest absolute Gasteiger partial charge is 0.191 e. The molecule has 0 bridgehead atoms.